The Balaban J connectivity index is 2.43. The Kier molecular flexibility index (Phi) is 3.13. The number of allylic oxidation sites excluding steroid dienone is 1. The summed E-state index contributed by atoms with van der Waals surface area (Å²) in [7, 11) is 0. The molecule has 0 spiro atoms. The van der Waals surface area contributed by atoms with Gasteiger partial charge in [-0.1, -0.05) is 19.1 Å². The summed E-state index contributed by atoms with van der Waals surface area (Å²) in [4.78, 5) is 0. The highest BCUT2D eigenvalue weighted by molar-refractivity contribution is 4.92. The summed E-state index contributed by atoms with van der Waals surface area (Å²) in [5.74, 6) is 1.14. The fourth-order valence-corrected chi connectivity index (χ4v) is 1.85. The van der Waals surface area contributed by atoms with Crippen LogP contribution >= 0.6 is 0 Å². The van der Waals surface area contributed by atoms with Gasteiger partial charge in [-0.25, -0.2) is 0 Å². The van der Waals surface area contributed by atoms with E-state index in [1.165, 1.54) is 6.42 Å². The smallest absolute Gasteiger partial charge is 0.0605 e. The van der Waals surface area contributed by atoms with Gasteiger partial charge in [0.2, 0.25) is 0 Å². The average molecular weight is 154 g/mol. The molecule has 0 aliphatic heterocycles. The zero-order chi connectivity index (χ0) is 8.27. The minimum atomic E-state index is -0.0880. The van der Waals surface area contributed by atoms with Crippen molar-refractivity contribution in [3.05, 3.63) is 12.2 Å². The number of aliphatic hydroxyl groups is 1. The molecular weight excluding hydrogens is 136 g/mol. The Morgan fingerprint density at radius 3 is 2.64 bits per heavy atom. The fourth-order valence-electron chi connectivity index (χ4n) is 1.85. The van der Waals surface area contributed by atoms with Gasteiger partial charge in [-0.05, 0) is 32.1 Å². The van der Waals surface area contributed by atoms with Crippen LogP contribution < -0.4 is 0 Å². The third-order valence-electron chi connectivity index (χ3n) is 2.57. The zero-order valence-electron chi connectivity index (χ0n) is 7.46. The number of aliphatic hydroxyl groups excluding tert-OH is 1. The van der Waals surface area contributed by atoms with E-state index >= 15 is 0 Å². The zero-order valence-corrected chi connectivity index (χ0v) is 7.46. The van der Waals surface area contributed by atoms with Crippen molar-refractivity contribution in [2.75, 3.05) is 0 Å². The molecule has 0 bridgehead atoms. The molecule has 1 nitrogen and oxygen atoms in total. The molecule has 3 unspecified atom stereocenters. The van der Waals surface area contributed by atoms with Crippen molar-refractivity contribution in [2.24, 2.45) is 11.8 Å². The maximum atomic E-state index is 9.62. The lowest BCUT2D eigenvalue weighted by atomic mass is 9.80. The summed E-state index contributed by atoms with van der Waals surface area (Å²) in [6, 6.07) is 0. The first-order valence-electron chi connectivity index (χ1n) is 4.55. The van der Waals surface area contributed by atoms with E-state index in [2.05, 4.69) is 13.0 Å². The molecule has 1 saturated carbocycles. The first kappa shape index (κ1) is 8.79. The summed E-state index contributed by atoms with van der Waals surface area (Å²) in [5.41, 5.74) is 0. The Morgan fingerprint density at radius 1 is 1.36 bits per heavy atom. The molecule has 0 radical (unpaired) electrons. The molecule has 1 rings (SSSR count). The van der Waals surface area contributed by atoms with Gasteiger partial charge in [-0.3, -0.25) is 0 Å². The molecule has 1 fully saturated rings. The highest BCUT2D eigenvalue weighted by Gasteiger charge is 2.24. The highest BCUT2D eigenvalue weighted by Crippen LogP contribution is 2.29. The molecule has 0 amide bonds. The second-order valence-corrected chi connectivity index (χ2v) is 3.68. The average Bonchev–Trinajstić information content (AvgIpc) is 1.95. The Bertz CT molecular complexity index is 140. The Hall–Kier alpha value is -0.300. The van der Waals surface area contributed by atoms with Crippen LogP contribution in [0.15, 0.2) is 12.2 Å². The third kappa shape index (κ3) is 2.33. The van der Waals surface area contributed by atoms with E-state index in [9.17, 15) is 5.11 Å². The van der Waals surface area contributed by atoms with E-state index in [0.717, 1.165) is 12.8 Å². The van der Waals surface area contributed by atoms with Crippen molar-refractivity contribution in [2.45, 2.75) is 39.2 Å². The van der Waals surface area contributed by atoms with Crippen molar-refractivity contribution in [1.82, 2.24) is 0 Å². The predicted molar refractivity (Wildman–Crippen MR) is 47.3 cm³/mol. The van der Waals surface area contributed by atoms with Crippen LogP contribution in [0.2, 0.25) is 0 Å². The van der Waals surface area contributed by atoms with Crippen LogP contribution in [-0.4, -0.2) is 11.2 Å². The largest absolute Gasteiger partial charge is 0.393 e. The number of hydrogen-bond donors (Lipinski definition) is 1. The van der Waals surface area contributed by atoms with Crippen LogP contribution in [0.5, 0.6) is 0 Å². The summed E-state index contributed by atoms with van der Waals surface area (Å²) >= 11 is 0. The molecule has 1 aliphatic rings. The first-order chi connectivity index (χ1) is 5.24. The van der Waals surface area contributed by atoms with E-state index in [0.29, 0.717) is 11.8 Å². The molecule has 11 heavy (non-hydrogen) atoms. The summed E-state index contributed by atoms with van der Waals surface area (Å²) in [6.45, 7) is 4.24. The molecule has 1 N–H and O–H groups in total. The number of hydrogen-bond acceptors (Lipinski definition) is 1. The van der Waals surface area contributed by atoms with Crippen LogP contribution in [0.4, 0.5) is 0 Å². The summed E-state index contributed by atoms with van der Waals surface area (Å²) < 4.78 is 0. The standard InChI is InChI=1S/C10H18O/c1-3-4-9-6-5-8(2)7-10(9)11/h3-4,8-11H,5-7H2,1-2H3. The quantitative estimate of drug-likeness (QED) is 0.575. The topological polar surface area (TPSA) is 20.2 Å². The third-order valence-corrected chi connectivity index (χ3v) is 2.57. The minimum Gasteiger partial charge on any atom is -0.393 e. The lowest BCUT2D eigenvalue weighted by Gasteiger charge is -2.29. The molecule has 3 atom stereocenters. The van der Waals surface area contributed by atoms with Gasteiger partial charge >= 0.3 is 0 Å². The van der Waals surface area contributed by atoms with E-state index in [1.807, 2.05) is 13.0 Å². The van der Waals surface area contributed by atoms with Gasteiger partial charge in [0.15, 0.2) is 0 Å². The minimum absolute atomic E-state index is 0.0880. The van der Waals surface area contributed by atoms with Gasteiger partial charge in [-0.15, -0.1) is 0 Å². The Morgan fingerprint density at radius 2 is 2.09 bits per heavy atom. The molecule has 0 aromatic heterocycles. The van der Waals surface area contributed by atoms with E-state index in [1.54, 1.807) is 0 Å². The van der Waals surface area contributed by atoms with Gasteiger partial charge in [0.05, 0.1) is 6.10 Å². The van der Waals surface area contributed by atoms with Gasteiger partial charge in [-0.2, -0.15) is 0 Å². The highest BCUT2D eigenvalue weighted by atomic mass is 16.3. The van der Waals surface area contributed by atoms with Crippen LogP contribution in [0.25, 0.3) is 0 Å². The van der Waals surface area contributed by atoms with E-state index in [4.69, 9.17) is 0 Å². The van der Waals surface area contributed by atoms with Gasteiger partial charge in [0, 0.05) is 5.92 Å². The molecule has 0 aromatic carbocycles. The monoisotopic (exact) mass is 154 g/mol. The second kappa shape index (κ2) is 3.91. The van der Waals surface area contributed by atoms with Crippen molar-refractivity contribution in [3.8, 4) is 0 Å². The van der Waals surface area contributed by atoms with Crippen molar-refractivity contribution in [1.29, 1.82) is 0 Å². The molecule has 0 saturated heterocycles. The maximum absolute atomic E-state index is 9.62. The maximum Gasteiger partial charge on any atom is 0.0605 e. The molecule has 0 heterocycles. The predicted octanol–water partition coefficient (Wildman–Crippen LogP) is 2.36. The van der Waals surface area contributed by atoms with Crippen LogP contribution in [0.3, 0.4) is 0 Å². The van der Waals surface area contributed by atoms with E-state index in [-0.39, 0.29) is 6.10 Å². The van der Waals surface area contributed by atoms with Crippen molar-refractivity contribution < 1.29 is 5.11 Å². The van der Waals surface area contributed by atoms with Gasteiger partial charge in [0.1, 0.15) is 0 Å². The Labute approximate surface area is 69.1 Å². The molecule has 0 aromatic rings. The molecule has 1 heteroatoms. The molecule has 1 aliphatic carbocycles. The van der Waals surface area contributed by atoms with Crippen molar-refractivity contribution >= 4 is 0 Å². The van der Waals surface area contributed by atoms with Gasteiger partial charge < -0.3 is 5.11 Å². The SMILES string of the molecule is CC=CC1CCC(C)CC1O. The molecule has 64 valence electrons. The van der Waals surface area contributed by atoms with Crippen LogP contribution in [-0.2, 0) is 0 Å². The summed E-state index contributed by atoms with van der Waals surface area (Å²) in [5, 5.41) is 9.62. The normalized spacial score (nSPS) is 39.7. The summed E-state index contributed by atoms with van der Waals surface area (Å²) in [6.07, 6.45) is 7.50. The van der Waals surface area contributed by atoms with E-state index < -0.39 is 0 Å². The fraction of sp³-hybridized carbons (Fsp3) is 0.800. The van der Waals surface area contributed by atoms with Gasteiger partial charge in [0.25, 0.3) is 0 Å². The van der Waals surface area contributed by atoms with Crippen LogP contribution in [0, 0.1) is 11.8 Å². The lowest BCUT2D eigenvalue weighted by Crippen LogP contribution is -2.26. The lowest BCUT2D eigenvalue weighted by molar-refractivity contribution is 0.0704. The molecular formula is C10H18O. The number of rotatable bonds is 1. The van der Waals surface area contributed by atoms with Crippen molar-refractivity contribution in [3.63, 3.8) is 0 Å². The first-order valence-corrected chi connectivity index (χ1v) is 4.55. The second-order valence-electron chi connectivity index (χ2n) is 3.68. The van der Waals surface area contributed by atoms with Crippen LogP contribution in [0.1, 0.15) is 33.1 Å².